The number of benzene rings is 1. The first-order chi connectivity index (χ1) is 8.49. The number of nitrogens with one attached hydrogen (secondary N) is 1. The van der Waals surface area contributed by atoms with Gasteiger partial charge in [-0.25, -0.2) is 14.2 Å². The Morgan fingerprint density at radius 2 is 2.00 bits per heavy atom. The van der Waals surface area contributed by atoms with Gasteiger partial charge in [-0.05, 0) is 12.1 Å². The summed E-state index contributed by atoms with van der Waals surface area (Å²) in [6.07, 6.45) is 0. The lowest BCUT2D eigenvalue weighted by Gasteiger charge is -2.06. The predicted molar refractivity (Wildman–Crippen MR) is 68.8 cm³/mol. The van der Waals surface area contributed by atoms with Gasteiger partial charge in [0.15, 0.2) is 11.5 Å². The molecule has 2 rings (SSSR count). The van der Waals surface area contributed by atoms with Crippen molar-refractivity contribution in [2.45, 2.75) is 0 Å². The van der Waals surface area contributed by atoms with Gasteiger partial charge in [0.25, 0.3) is 0 Å². The molecule has 1 aromatic carbocycles. The molecule has 0 saturated carbocycles. The number of hydrogen-bond acceptors (Lipinski definition) is 4. The van der Waals surface area contributed by atoms with E-state index >= 15 is 0 Å². The molecule has 1 aromatic heterocycles. The molecule has 18 heavy (non-hydrogen) atoms. The van der Waals surface area contributed by atoms with E-state index in [1.807, 2.05) is 0 Å². The van der Waals surface area contributed by atoms with Crippen LogP contribution in [0, 0.1) is 5.82 Å². The number of carboxylic acids is 1. The summed E-state index contributed by atoms with van der Waals surface area (Å²) in [6, 6.07) is 2.63. The van der Waals surface area contributed by atoms with Crippen molar-refractivity contribution in [3.63, 3.8) is 0 Å². The Morgan fingerprint density at radius 3 is 2.56 bits per heavy atom. The third-order valence-corrected chi connectivity index (χ3v) is 3.30. The minimum absolute atomic E-state index is 0.114. The van der Waals surface area contributed by atoms with E-state index in [9.17, 15) is 9.18 Å². The highest BCUT2D eigenvalue weighted by Gasteiger charge is 2.15. The highest BCUT2D eigenvalue weighted by Crippen LogP contribution is 2.31. The highest BCUT2D eigenvalue weighted by molar-refractivity contribution is 7.14. The van der Waals surface area contributed by atoms with Crippen LogP contribution in [-0.2, 0) is 0 Å². The minimum Gasteiger partial charge on any atom is -0.476 e. The molecule has 94 valence electrons. The van der Waals surface area contributed by atoms with Crippen LogP contribution in [0.15, 0.2) is 17.6 Å². The van der Waals surface area contributed by atoms with Gasteiger partial charge in [0, 0.05) is 5.69 Å². The second-order valence-corrected chi connectivity index (χ2v) is 4.88. The smallest absolute Gasteiger partial charge is 0.357 e. The second kappa shape index (κ2) is 5.09. The average Bonchev–Trinajstić information content (AvgIpc) is 2.74. The number of aromatic nitrogens is 1. The third kappa shape index (κ3) is 2.55. The van der Waals surface area contributed by atoms with Gasteiger partial charge in [0.05, 0.1) is 15.6 Å². The maximum Gasteiger partial charge on any atom is 0.357 e. The van der Waals surface area contributed by atoms with E-state index in [0.717, 1.165) is 11.3 Å². The normalized spacial score (nSPS) is 10.4. The zero-order valence-corrected chi connectivity index (χ0v) is 10.9. The molecule has 1 heterocycles. The van der Waals surface area contributed by atoms with Gasteiger partial charge in [0.1, 0.15) is 5.00 Å². The largest absolute Gasteiger partial charge is 0.476 e. The van der Waals surface area contributed by atoms with Crippen LogP contribution in [0.4, 0.5) is 15.1 Å². The van der Waals surface area contributed by atoms with Gasteiger partial charge in [-0.3, -0.25) is 0 Å². The van der Waals surface area contributed by atoms with Crippen molar-refractivity contribution in [2.75, 3.05) is 5.32 Å². The number of hydrogen-bond donors (Lipinski definition) is 2. The van der Waals surface area contributed by atoms with Crippen molar-refractivity contribution in [2.24, 2.45) is 0 Å². The average molecular weight is 307 g/mol. The Balaban J connectivity index is 2.34. The molecule has 0 saturated heterocycles. The standard InChI is InChI=1S/C10H5Cl2FN2O2S/c11-5-1-4(2-6(12)7(5)13)15-9-8(10(16)17)14-3-18-9/h1-3,15H,(H,16,17). The Morgan fingerprint density at radius 1 is 1.39 bits per heavy atom. The molecule has 0 aliphatic heterocycles. The molecule has 0 amide bonds. The van der Waals surface area contributed by atoms with Crippen LogP contribution in [0.5, 0.6) is 0 Å². The van der Waals surface area contributed by atoms with Crippen molar-refractivity contribution < 1.29 is 14.3 Å². The molecule has 0 fully saturated rings. The molecule has 0 atom stereocenters. The molecule has 0 bridgehead atoms. The summed E-state index contributed by atoms with van der Waals surface area (Å²) in [4.78, 5) is 14.5. The summed E-state index contributed by atoms with van der Waals surface area (Å²) in [5.41, 5.74) is 1.66. The fourth-order valence-corrected chi connectivity index (χ4v) is 2.42. The van der Waals surface area contributed by atoms with E-state index in [1.165, 1.54) is 17.6 Å². The first kappa shape index (κ1) is 13.1. The Kier molecular flexibility index (Phi) is 3.70. The monoisotopic (exact) mass is 306 g/mol. The number of nitrogens with zero attached hydrogens (tertiary/aromatic N) is 1. The van der Waals surface area contributed by atoms with Crippen molar-refractivity contribution >= 4 is 51.2 Å². The highest BCUT2D eigenvalue weighted by atomic mass is 35.5. The summed E-state index contributed by atoms with van der Waals surface area (Å²) >= 11 is 12.4. The summed E-state index contributed by atoms with van der Waals surface area (Å²) in [7, 11) is 0. The van der Waals surface area contributed by atoms with E-state index in [4.69, 9.17) is 28.3 Å². The summed E-state index contributed by atoms with van der Waals surface area (Å²) in [5.74, 6) is -1.87. The maximum atomic E-state index is 13.2. The molecule has 0 spiro atoms. The van der Waals surface area contributed by atoms with Gasteiger partial charge >= 0.3 is 5.97 Å². The third-order valence-electron chi connectivity index (χ3n) is 2.01. The Hall–Kier alpha value is -1.37. The Bertz CT molecular complexity index is 595. The lowest BCUT2D eigenvalue weighted by Crippen LogP contribution is -2.01. The van der Waals surface area contributed by atoms with Gasteiger partial charge in [0.2, 0.25) is 0 Å². The van der Waals surface area contributed by atoms with E-state index in [-0.39, 0.29) is 15.7 Å². The SMILES string of the molecule is O=C(O)c1ncsc1Nc1cc(Cl)c(F)c(Cl)c1. The van der Waals surface area contributed by atoms with E-state index < -0.39 is 11.8 Å². The first-order valence-electron chi connectivity index (χ1n) is 4.57. The van der Waals surface area contributed by atoms with Crippen molar-refractivity contribution in [3.8, 4) is 0 Å². The molecule has 2 aromatic rings. The first-order valence-corrected chi connectivity index (χ1v) is 6.21. The molecule has 0 aliphatic carbocycles. The van der Waals surface area contributed by atoms with Crippen LogP contribution in [-0.4, -0.2) is 16.1 Å². The van der Waals surface area contributed by atoms with E-state index in [2.05, 4.69) is 10.3 Å². The Labute approximate surface area is 115 Å². The van der Waals surface area contributed by atoms with Crippen LogP contribution < -0.4 is 5.32 Å². The van der Waals surface area contributed by atoms with Crippen molar-refractivity contribution in [1.82, 2.24) is 4.98 Å². The zero-order valence-electron chi connectivity index (χ0n) is 8.58. The van der Waals surface area contributed by atoms with Crippen LogP contribution >= 0.6 is 34.5 Å². The number of carboxylic acid groups (broad SMARTS) is 1. The molecule has 4 nitrogen and oxygen atoms in total. The summed E-state index contributed by atoms with van der Waals surface area (Å²) in [6.45, 7) is 0. The van der Waals surface area contributed by atoms with Crippen molar-refractivity contribution in [1.29, 1.82) is 0 Å². The van der Waals surface area contributed by atoms with Crippen LogP contribution in [0.2, 0.25) is 10.0 Å². The van der Waals surface area contributed by atoms with E-state index in [0.29, 0.717) is 10.7 Å². The molecule has 0 radical (unpaired) electrons. The number of anilines is 2. The maximum absolute atomic E-state index is 13.2. The van der Waals surface area contributed by atoms with Gasteiger partial charge in [-0.15, -0.1) is 11.3 Å². The van der Waals surface area contributed by atoms with Crippen LogP contribution in [0.3, 0.4) is 0 Å². The van der Waals surface area contributed by atoms with Gasteiger partial charge in [-0.1, -0.05) is 23.2 Å². The lowest BCUT2D eigenvalue weighted by atomic mass is 10.3. The number of halogens is 3. The van der Waals surface area contributed by atoms with Gasteiger partial charge in [-0.2, -0.15) is 0 Å². The number of aromatic carboxylic acids is 1. The molecule has 0 unspecified atom stereocenters. The van der Waals surface area contributed by atoms with Crippen LogP contribution in [0.1, 0.15) is 10.5 Å². The molecular formula is C10H5Cl2FN2O2S. The number of thiazole rings is 1. The van der Waals surface area contributed by atoms with Gasteiger partial charge < -0.3 is 10.4 Å². The summed E-state index contributed by atoms with van der Waals surface area (Å²) < 4.78 is 13.2. The lowest BCUT2D eigenvalue weighted by molar-refractivity contribution is 0.0692. The topological polar surface area (TPSA) is 62.2 Å². The summed E-state index contributed by atoms with van der Waals surface area (Å²) in [5, 5.41) is 11.7. The number of carbonyl (C=O) groups is 1. The second-order valence-electron chi connectivity index (χ2n) is 3.21. The van der Waals surface area contributed by atoms with Crippen LogP contribution in [0.25, 0.3) is 0 Å². The van der Waals surface area contributed by atoms with Crippen molar-refractivity contribution in [3.05, 3.63) is 39.2 Å². The molecular weight excluding hydrogens is 302 g/mol. The molecule has 0 aliphatic rings. The quantitative estimate of drug-likeness (QED) is 0.840. The fraction of sp³-hybridized carbons (Fsp3) is 0. The molecule has 8 heteroatoms. The molecule has 2 N–H and O–H groups in total. The predicted octanol–water partition coefficient (Wildman–Crippen LogP) is 4.03. The minimum atomic E-state index is -1.15. The van der Waals surface area contributed by atoms with E-state index in [1.54, 1.807) is 0 Å². The zero-order chi connectivity index (χ0) is 13.3. The number of rotatable bonds is 3. The fourth-order valence-electron chi connectivity index (χ4n) is 1.25.